The fourth-order valence-electron chi connectivity index (χ4n) is 2.34. The molecule has 4 nitrogen and oxygen atoms in total. The summed E-state index contributed by atoms with van der Waals surface area (Å²) in [6.45, 7) is -0.821. The number of carbonyl (C=O) groups excluding carboxylic acids is 1. The number of imidazole rings is 1. The standard InChI is InChI=1S/C17H15F2N3OS/c1-11-6-2-3-7-12(11)20-15(23)10-24-17-21-13-8-4-5-9-14(13)22(17)16(18)19/h2-9,16H,10H2,1H3,(H,20,23). The van der Waals surface area contributed by atoms with Crippen LogP contribution < -0.4 is 5.32 Å². The van der Waals surface area contributed by atoms with Gasteiger partial charge in [0.25, 0.3) is 0 Å². The Kier molecular flexibility index (Phi) is 4.80. The van der Waals surface area contributed by atoms with Crippen LogP contribution in [0.4, 0.5) is 14.5 Å². The van der Waals surface area contributed by atoms with Crippen LogP contribution in [0.3, 0.4) is 0 Å². The zero-order valence-electron chi connectivity index (χ0n) is 12.9. The highest BCUT2D eigenvalue weighted by Crippen LogP contribution is 2.29. The molecule has 0 saturated heterocycles. The van der Waals surface area contributed by atoms with Gasteiger partial charge in [-0.2, -0.15) is 8.78 Å². The zero-order valence-corrected chi connectivity index (χ0v) is 13.7. The van der Waals surface area contributed by atoms with Crippen LogP contribution in [0, 0.1) is 6.92 Å². The van der Waals surface area contributed by atoms with E-state index in [-0.39, 0.29) is 16.8 Å². The molecule has 124 valence electrons. The molecule has 0 aliphatic heterocycles. The van der Waals surface area contributed by atoms with E-state index in [0.717, 1.165) is 21.9 Å². The van der Waals surface area contributed by atoms with E-state index in [2.05, 4.69) is 10.3 Å². The van der Waals surface area contributed by atoms with Crippen LogP contribution >= 0.6 is 11.8 Å². The molecule has 3 rings (SSSR count). The largest absolute Gasteiger partial charge is 0.325 e. The highest BCUT2D eigenvalue weighted by Gasteiger charge is 2.18. The number of hydrogen-bond acceptors (Lipinski definition) is 3. The first-order chi connectivity index (χ1) is 11.6. The summed E-state index contributed by atoms with van der Waals surface area (Å²) in [6.07, 6.45) is 0. The summed E-state index contributed by atoms with van der Waals surface area (Å²) in [5.41, 5.74) is 2.50. The number of benzene rings is 2. The molecule has 0 atom stereocenters. The molecule has 2 aromatic carbocycles. The zero-order chi connectivity index (χ0) is 17.1. The van der Waals surface area contributed by atoms with E-state index in [9.17, 15) is 13.6 Å². The number of alkyl halides is 2. The number of aryl methyl sites for hydroxylation is 1. The molecule has 0 bridgehead atoms. The SMILES string of the molecule is Cc1ccccc1NC(=O)CSc1nc2ccccc2n1C(F)F. The molecule has 0 aliphatic rings. The van der Waals surface area contributed by atoms with Crippen molar-refractivity contribution in [3.8, 4) is 0 Å². The van der Waals surface area contributed by atoms with Crippen molar-refractivity contribution in [3.05, 3.63) is 54.1 Å². The maximum absolute atomic E-state index is 13.3. The summed E-state index contributed by atoms with van der Waals surface area (Å²) in [6, 6.07) is 14.1. The lowest BCUT2D eigenvalue weighted by molar-refractivity contribution is -0.113. The van der Waals surface area contributed by atoms with Gasteiger partial charge in [0, 0.05) is 5.69 Å². The number of hydrogen-bond donors (Lipinski definition) is 1. The smallest absolute Gasteiger partial charge is 0.321 e. The van der Waals surface area contributed by atoms with Crippen molar-refractivity contribution in [2.45, 2.75) is 18.6 Å². The maximum Gasteiger partial charge on any atom is 0.321 e. The number of halogens is 2. The number of aromatic nitrogens is 2. The molecule has 0 saturated carbocycles. The molecule has 7 heteroatoms. The number of amides is 1. The molecule has 1 amide bonds. The van der Waals surface area contributed by atoms with Crippen LogP contribution in [0.1, 0.15) is 12.1 Å². The minimum absolute atomic E-state index is 0.00434. The Morgan fingerprint density at radius 3 is 2.67 bits per heavy atom. The molecule has 1 N–H and O–H groups in total. The first-order valence-electron chi connectivity index (χ1n) is 7.29. The Hall–Kier alpha value is -2.41. The van der Waals surface area contributed by atoms with Gasteiger partial charge in [0.1, 0.15) is 0 Å². The first kappa shape index (κ1) is 16.4. The molecule has 1 aromatic heterocycles. The highest BCUT2D eigenvalue weighted by molar-refractivity contribution is 7.99. The second kappa shape index (κ2) is 7.00. The predicted octanol–water partition coefficient (Wildman–Crippen LogP) is 4.47. The molecule has 3 aromatic rings. The Balaban J connectivity index is 1.75. The van der Waals surface area contributed by atoms with Crippen molar-refractivity contribution in [1.82, 2.24) is 9.55 Å². The number of rotatable bonds is 5. The fraction of sp³-hybridized carbons (Fsp3) is 0.176. The quantitative estimate of drug-likeness (QED) is 0.693. The lowest BCUT2D eigenvalue weighted by atomic mass is 10.2. The number of fused-ring (bicyclic) bond motifs is 1. The monoisotopic (exact) mass is 347 g/mol. The Morgan fingerprint density at radius 2 is 1.92 bits per heavy atom. The van der Waals surface area contributed by atoms with Crippen molar-refractivity contribution in [1.29, 1.82) is 0 Å². The third-order valence-corrected chi connectivity index (χ3v) is 4.46. The predicted molar refractivity (Wildman–Crippen MR) is 91.5 cm³/mol. The van der Waals surface area contributed by atoms with Crippen molar-refractivity contribution >= 4 is 34.4 Å². The maximum atomic E-state index is 13.3. The van der Waals surface area contributed by atoms with E-state index < -0.39 is 6.55 Å². The summed E-state index contributed by atoms with van der Waals surface area (Å²) in [7, 11) is 0. The van der Waals surface area contributed by atoms with Crippen molar-refractivity contribution in [3.63, 3.8) is 0 Å². The molecule has 0 fully saturated rings. The topological polar surface area (TPSA) is 46.9 Å². The minimum Gasteiger partial charge on any atom is -0.325 e. The average molecular weight is 347 g/mol. The van der Waals surface area contributed by atoms with Crippen molar-refractivity contribution in [2.24, 2.45) is 0 Å². The second-order valence-electron chi connectivity index (χ2n) is 5.18. The van der Waals surface area contributed by atoms with E-state index in [0.29, 0.717) is 16.7 Å². The molecule has 0 radical (unpaired) electrons. The van der Waals surface area contributed by atoms with Gasteiger partial charge in [-0.05, 0) is 30.7 Å². The van der Waals surface area contributed by atoms with Crippen LogP contribution in [0.5, 0.6) is 0 Å². The summed E-state index contributed by atoms with van der Waals surface area (Å²) in [5.74, 6) is -0.258. The van der Waals surface area contributed by atoms with Crippen LogP contribution in [-0.2, 0) is 4.79 Å². The van der Waals surface area contributed by atoms with Gasteiger partial charge < -0.3 is 5.32 Å². The number of para-hydroxylation sites is 3. The van der Waals surface area contributed by atoms with E-state index >= 15 is 0 Å². The van der Waals surface area contributed by atoms with Gasteiger partial charge in [-0.25, -0.2) is 4.98 Å². The lowest BCUT2D eigenvalue weighted by Crippen LogP contribution is -2.15. The molecular weight excluding hydrogens is 332 g/mol. The minimum atomic E-state index is -2.71. The molecule has 1 heterocycles. The lowest BCUT2D eigenvalue weighted by Gasteiger charge is -2.09. The molecular formula is C17H15F2N3OS. The number of carbonyl (C=O) groups is 1. The molecule has 24 heavy (non-hydrogen) atoms. The summed E-state index contributed by atoms with van der Waals surface area (Å²) >= 11 is 0.994. The first-order valence-corrected chi connectivity index (χ1v) is 8.28. The van der Waals surface area contributed by atoms with Gasteiger partial charge in [-0.3, -0.25) is 9.36 Å². The summed E-state index contributed by atoms with van der Waals surface area (Å²) < 4.78 is 27.5. The van der Waals surface area contributed by atoms with Gasteiger partial charge >= 0.3 is 6.55 Å². The van der Waals surface area contributed by atoms with Crippen molar-refractivity contribution in [2.75, 3.05) is 11.1 Å². The van der Waals surface area contributed by atoms with E-state index in [4.69, 9.17) is 0 Å². The van der Waals surface area contributed by atoms with Gasteiger partial charge in [-0.1, -0.05) is 42.1 Å². The van der Waals surface area contributed by atoms with Crippen LogP contribution in [0.15, 0.2) is 53.7 Å². The fourth-order valence-corrected chi connectivity index (χ4v) is 3.15. The second-order valence-corrected chi connectivity index (χ2v) is 6.13. The van der Waals surface area contributed by atoms with Gasteiger partial charge in [0.15, 0.2) is 5.16 Å². The number of nitrogens with zero attached hydrogens (tertiary/aromatic N) is 2. The van der Waals surface area contributed by atoms with Crippen molar-refractivity contribution < 1.29 is 13.6 Å². The van der Waals surface area contributed by atoms with Gasteiger partial charge in [0.2, 0.25) is 5.91 Å². The Bertz CT molecular complexity index is 879. The van der Waals surface area contributed by atoms with Crippen LogP contribution in [-0.4, -0.2) is 21.2 Å². The third-order valence-electron chi connectivity index (χ3n) is 3.51. The molecule has 0 unspecified atom stereocenters. The number of anilines is 1. The average Bonchev–Trinajstić information content (AvgIpc) is 2.93. The number of nitrogens with one attached hydrogen (secondary N) is 1. The normalized spacial score (nSPS) is 11.2. The van der Waals surface area contributed by atoms with Crippen LogP contribution in [0.25, 0.3) is 11.0 Å². The third kappa shape index (κ3) is 3.41. The summed E-state index contributed by atoms with van der Waals surface area (Å²) in [5, 5.41) is 2.91. The number of thioether (sulfide) groups is 1. The van der Waals surface area contributed by atoms with E-state index in [1.165, 1.54) is 0 Å². The van der Waals surface area contributed by atoms with E-state index in [1.54, 1.807) is 30.3 Å². The molecule has 0 aliphatic carbocycles. The van der Waals surface area contributed by atoms with Gasteiger partial charge in [0.05, 0.1) is 16.8 Å². The Labute approximate surface area is 141 Å². The Morgan fingerprint density at radius 1 is 1.21 bits per heavy atom. The van der Waals surface area contributed by atoms with Gasteiger partial charge in [-0.15, -0.1) is 0 Å². The van der Waals surface area contributed by atoms with Crippen LogP contribution in [0.2, 0.25) is 0 Å². The van der Waals surface area contributed by atoms with E-state index in [1.807, 2.05) is 25.1 Å². The highest BCUT2D eigenvalue weighted by atomic mass is 32.2. The molecule has 0 spiro atoms. The summed E-state index contributed by atoms with van der Waals surface area (Å²) in [4.78, 5) is 16.3.